The van der Waals surface area contributed by atoms with E-state index in [1.807, 2.05) is 6.07 Å². The monoisotopic (exact) mass is 324 g/mol. The molecular weight excluding hydrogens is 312 g/mol. The van der Waals surface area contributed by atoms with E-state index >= 15 is 0 Å². The fourth-order valence-electron chi connectivity index (χ4n) is 2.16. The van der Waals surface area contributed by atoms with Crippen LogP contribution >= 0.6 is 27.3 Å². The van der Waals surface area contributed by atoms with Gasteiger partial charge in [-0.2, -0.15) is 0 Å². The van der Waals surface area contributed by atoms with Crippen LogP contribution in [0.3, 0.4) is 0 Å². The number of fused-ring (bicyclic) bond motifs is 1. The van der Waals surface area contributed by atoms with Gasteiger partial charge in [-0.15, -0.1) is 11.3 Å². The van der Waals surface area contributed by atoms with Crippen LogP contribution < -0.4 is 4.74 Å². The second-order valence-corrected chi connectivity index (χ2v) is 6.10. The Bertz CT molecular complexity index is 565. The molecule has 4 heteroatoms. The van der Waals surface area contributed by atoms with Crippen molar-refractivity contribution < 1.29 is 9.47 Å². The summed E-state index contributed by atoms with van der Waals surface area (Å²) in [5.41, 5.74) is 3.85. The predicted octanol–water partition coefficient (Wildman–Crippen LogP) is 4.27. The van der Waals surface area contributed by atoms with Crippen LogP contribution in [0, 0.1) is 0 Å². The Morgan fingerprint density at radius 2 is 2.11 bits per heavy atom. The zero-order valence-corrected chi connectivity index (χ0v) is 12.4. The molecule has 0 saturated carbocycles. The van der Waals surface area contributed by atoms with E-state index in [4.69, 9.17) is 9.47 Å². The molecule has 3 rings (SSSR count). The Labute approximate surface area is 119 Å². The van der Waals surface area contributed by atoms with Crippen molar-refractivity contribution >= 4 is 27.3 Å². The third-order valence-electron chi connectivity index (χ3n) is 3.15. The van der Waals surface area contributed by atoms with Crippen LogP contribution in [0.2, 0.25) is 0 Å². The minimum Gasteiger partial charge on any atom is -0.496 e. The quantitative estimate of drug-likeness (QED) is 0.785. The van der Waals surface area contributed by atoms with E-state index in [2.05, 4.69) is 39.5 Å². The molecule has 1 aliphatic rings. The summed E-state index contributed by atoms with van der Waals surface area (Å²) < 4.78 is 10.8. The van der Waals surface area contributed by atoms with Gasteiger partial charge in [-0.05, 0) is 28.1 Å². The number of hydrogen-bond acceptors (Lipinski definition) is 3. The van der Waals surface area contributed by atoms with Gasteiger partial charge in [0.05, 0.1) is 30.0 Å². The molecule has 1 aliphatic heterocycles. The first kappa shape index (κ1) is 12.2. The maximum atomic E-state index is 5.45. The summed E-state index contributed by atoms with van der Waals surface area (Å²) in [6, 6.07) is 8.55. The van der Waals surface area contributed by atoms with Crippen LogP contribution in [-0.4, -0.2) is 7.11 Å². The van der Waals surface area contributed by atoms with Crippen molar-refractivity contribution in [1.29, 1.82) is 0 Å². The van der Waals surface area contributed by atoms with E-state index in [1.54, 1.807) is 18.4 Å². The molecule has 0 fully saturated rings. The smallest absolute Gasteiger partial charge is 0.134 e. The minimum absolute atomic E-state index is 0.179. The number of halogens is 1. The summed E-state index contributed by atoms with van der Waals surface area (Å²) >= 11 is 5.47. The summed E-state index contributed by atoms with van der Waals surface area (Å²) in [4.78, 5) is 1.38. The van der Waals surface area contributed by atoms with Crippen molar-refractivity contribution in [2.45, 2.75) is 18.0 Å². The van der Waals surface area contributed by atoms with E-state index in [0.717, 1.165) is 19.0 Å². The summed E-state index contributed by atoms with van der Waals surface area (Å²) in [7, 11) is 1.71. The van der Waals surface area contributed by atoms with Crippen molar-refractivity contribution in [3.05, 3.63) is 51.2 Å². The van der Waals surface area contributed by atoms with Crippen LogP contribution in [0.15, 0.2) is 29.6 Å². The van der Waals surface area contributed by atoms with Crippen molar-refractivity contribution in [1.82, 2.24) is 0 Å². The zero-order chi connectivity index (χ0) is 12.5. The highest BCUT2D eigenvalue weighted by Crippen LogP contribution is 2.41. The molecule has 0 spiro atoms. The first-order valence-electron chi connectivity index (χ1n) is 5.74. The number of benzene rings is 1. The van der Waals surface area contributed by atoms with Gasteiger partial charge in [0.2, 0.25) is 0 Å². The molecule has 2 aromatic rings. The molecule has 0 radical (unpaired) electrons. The second kappa shape index (κ2) is 5.03. The molecule has 1 aromatic heterocycles. The van der Waals surface area contributed by atoms with E-state index in [0.29, 0.717) is 0 Å². The van der Waals surface area contributed by atoms with Crippen LogP contribution in [0.1, 0.15) is 26.4 Å². The Kier molecular flexibility index (Phi) is 3.41. The van der Waals surface area contributed by atoms with Crippen molar-refractivity contribution in [3.63, 3.8) is 0 Å². The molecule has 2 nitrogen and oxygen atoms in total. The molecule has 0 saturated heterocycles. The maximum absolute atomic E-state index is 5.45. The molecule has 0 amide bonds. The highest BCUT2D eigenvalue weighted by atomic mass is 79.9. The van der Waals surface area contributed by atoms with Gasteiger partial charge in [0.25, 0.3) is 0 Å². The van der Waals surface area contributed by atoms with Crippen LogP contribution in [0.5, 0.6) is 5.75 Å². The van der Waals surface area contributed by atoms with Crippen LogP contribution in [0.4, 0.5) is 0 Å². The minimum atomic E-state index is 0.179. The van der Waals surface area contributed by atoms with E-state index in [1.165, 1.54) is 21.6 Å². The number of hydrogen-bond donors (Lipinski definition) is 0. The van der Waals surface area contributed by atoms with E-state index in [9.17, 15) is 0 Å². The highest BCUT2D eigenvalue weighted by molar-refractivity contribution is 9.09. The molecule has 18 heavy (non-hydrogen) atoms. The van der Waals surface area contributed by atoms with Gasteiger partial charge in [-0.3, -0.25) is 0 Å². The largest absolute Gasteiger partial charge is 0.496 e. The lowest BCUT2D eigenvalue weighted by Gasteiger charge is -2.11. The number of alkyl halides is 1. The van der Waals surface area contributed by atoms with E-state index in [-0.39, 0.29) is 4.83 Å². The molecule has 1 atom stereocenters. The molecule has 2 heterocycles. The summed E-state index contributed by atoms with van der Waals surface area (Å²) in [5, 5.41) is 2.05. The fourth-order valence-corrected chi connectivity index (χ4v) is 3.86. The zero-order valence-electron chi connectivity index (χ0n) is 9.98. The number of rotatable bonds is 3. The number of methoxy groups -OCH3 is 1. The van der Waals surface area contributed by atoms with Gasteiger partial charge < -0.3 is 9.47 Å². The molecule has 0 N–H and O–H groups in total. The fraction of sp³-hybridized carbons (Fsp3) is 0.286. The lowest BCUT2D eigenvalue weighted by Crippen LogP contribution is -1.95. The summed E-state index contributed by atoms with van der Waals surface area (Å²) in [5.74, 6) is 0.943. The summed E-state index contributed by atoms with van der Waals surface area (Å²) in [6.07, 6.45) is 0. The SMILES string of the molecule is COc1ccsc1C(Br)c1ccc2c(c1)COC2. The average Bonchev–Trinajstić information content (AvgIpc) is 3.05. The first-order chi connectivity index (χ1) is 8.79. The Hall–Kier alpha value is -0.840. The van der Waals surface area contributed by atoms with Crippen molar-refractivity contribution in [3.8, 4) is 5.75 Å². The van der Waals surface area contributed by atoms with Crippen molar-refractivity contribution in [2.75, 3.05) is 7.11 Å². The average molecular weight is 325 g/mol. The highest BCUT2D eigenvalue weighted by Gasteiger charge is 2.19. The third-order valence-corrected chi connectivity index (χ3v) is 5.40. The van der Waals surface area contributed by atoms with E-state index < -0.39 is 0 Å². The first-order valence-corrected chi connectivity index (χ1v) is 7.54. The van der Waals surface area contributed by atoms with Crippen LogP contribution in [-0.2, 0) is 18.0 Å². The van der Waals surface area contributed by atoms with Gasteiger partial charge in [-0.25, -0.2) is 0 Å². The number of ether oxygens (including phenoxy) is 2. The molecule has 1 aromatic carbocycles. The molecule has 0 aliphatic carbocycles. The summed E-state index contributed by atoms with van der Waals surface area (Å²) in [6.45, 7) is 1.47. The van der Waals surface area contributed by atoms with Gasteiger partial charge in [-0.1, -0.05) is 34.1 Å². The molecule has 0 bridgehead atoms. The molecule has 94 valence electrons. The van der Waals surface area contributed by atoms with Gasteiger partial charge in [0.15, 0.2) is 0 Å². The Balaban J connectivity index is 1.95. The number of thiophene rings is 1. The molecule has 1 unspecified atom stereocenters. The van der Waals surface area contributed by atoms with Gasteiger partial charge in [0, 0.05) is 0 Å². The maximum Gasteiger partial charge on any atom is 0.134 e. The van der Waals surface area contributed by atoms with Crippen molar-refractivity contribution in [2.24, 2.45) is 0 Å². The predicted molar refractivity (Wildman–Crippen MR) is 76.6 cm³/mol. The topological polar surface area (TPSA) is 18.5 Å². The van der Waals surface area contributed by atoms with Crippen LogP contribution in [0.25, 0.3) is 0 Å². The standard InChI is InChI=1S/C14H13BrO2S/c1-16-12-4-5-18-14(12)13(15)9-2-3-10-7-17-8-11(10)6-9/h2-6,13H,7-8H2,1H3. The van der Waals surface area contributed by atoms with Gasteiger partial charge in [0.1, 0.15) is 5.75 Å². The lowest BCUT2D eigenvalue weighted by molar-refractivity contribution is 0.134. The normalized spacial score (nSPS) is 15.4. The van der Waals surface area contributed by atoms with Gasteiger partial charge >= 0.3 is 0 Å². The lowest BCUT2D eigenvalue weighted by atomic mass is 10.0. The second-order valence-electron chi connectivity index (χ2n) is 4.24. The Morgan fingerprint density at radius 1 is 1.28 bits per heavy atom. The third kappa shape index (κ3) is 2.09. The molecular formula is C14H13BrO2S. The Morgan fingerprint density at radius 3 is 2.94 bits per heavy atom.